The lowest BCUT2D eigenvalue weighted by atomic mass is 10.3. The van der Waals surface area contributed by atoms with Gasteiger partial charge < -0.3 is 9.30 Å². The number of amides is 1. The van der Waals surface area contributed by atoms with Crippen molar-refractivity contribution in [2.24, 2.45) is 0 Å². The van der Waals surface area contributed by atoms with Crippen molar-refractivity contribution < 1.29 is 9.53 Å². The lowest BCUT2D eigenvalue weighted by Gasteiger charge is -2.08. The highest BCUT2D eigenvalue weighted by molar-refractivity contribution is 5.84. The number of hydrogen-bond donors (Lipinski definition) is 1. The molecule has 0 aliphatic carbocycles. The van der Waals surface area contributed by atoms with Gasteiger partial charge in [0, 0.05) is 23.8 Å². The first-order valence-corrected chi connectivity index (χ1v) is 5.97. The van der Waals surface area contributed by atoms with Crippen molar-refractivity contribution in [2.45, 2.75) is 13.3 Å². The molecule has 0 radical (unpaired) electrons. The van der Waals surface area contributed by atoms with E-state index in [4.69, 9.17) is 4.74 Å². The Morgan fingerprint density at radius 2 is 2.06 bits per heavy atom. The van der Waals surface area contributed by atoms with Gasteiger partial charge >= 0.3 is 6.09 Å². The van der Waals surface area contributed by atoms with Gasteiger partial charge in [0.2, 0.25) is 0 Å². The molecular formula is C14H16N2O2. The number of anilines is 1. The van der Waals surface area contributed by atoms with Gasteiger partial charge in [-0.05, 0) is 36.8 Å². The molecule has 0 fully saturated rings. The monoisotopic (exact) mass is 244 g/mol. The zero-order valence-electron chi connectivity index (χ0n) is 10.3. The fourth-order valence-corrected chi connectivity index (χ4v) is 1.60. The number of carbonyl (C=O) groups is 1. The lowest BCUT2D eigenvalue weighted by Crippen LogP contribution is -2.14. The molecule has 1 aromatic carbocycles. The van der Waals surface area contributed by atoms with Crippen molar-refractivity contribution in [1.29, 1.82) is 0 Å². The summed E-state index contributed by atoms with van der Waals surface area (Å²) in [6, 6.07) is 11.5. The first-order chi connectivity index (χ1) is 8.79. The average Bonchev–Trinajstić information content (AvgIpc) is 2.90. The summed E-state index contributed by atoms with van der Waals surface area (Å²) < 4.78 is 6.94. The van der Waals surface area contributed by atoms with E-state index in [1.54, 1.807) is 0 Å². The predicted molar refractivity (Wildman–Crippen MR) is 71.0 cm³/mol. The molecule has 18 heavy (non-hydrogen) atoms. The topological polar surface area (TPSA) is 43.3 Å². The Labute approximate surface area is 106 Å². The molecule has 0 aliphatic heterocycles. The molecule has 0 atom stereocenters. The Kier molecular flexibility index (Phi) is 4.02. The van der Waals surface area contributed by atoms with Crippen LogP contribution in [0.1, 0.15) is 13.3 Å². The fourth-order valence-electron chi connectivity index (χ4n) is 1.60. The second-order valence-electron chi connectivity index (χ2n) is 3.90. The molecule has 2 rings (SSSR count). The Hall–Kier alpha value is -2.23. The molecule has 0 saturated carbocycles. The van der Waals surface area contributed by atoms with Crippen LogP contribution in [0.25, 0.3) is 5.69 Å². The van der Waals surface area contributed by atoms with Crippen molar-refractivity contribution in [1.82, 2.24) is 4.57 Å². The average molecular weight is 244 g/mol. The van der Waals surface area contributed by atoms with E-state index in [9.17, 15) is 4.79 Å². The normalized spacial score (nSPS) is 10.1. The smallest absolute Gasteiger partial charge is 0.411 e. The van der Waals surface area contributed by atoms with Crippen molar-refractivity contribution in [3.05, 3.63) is 48.8 Å². The van der Waals surface area contributed by atoms with Crippen LogP contribution >= 0.6 is 0 Å². The molecule has 4 nitrogen and oxygen atoms in total. The number of hydrogen-bond acceptors (Lipinski definition) is 2. The number of nitrogens with one attached hydrogen (secondary N) is 1. The van der Waals surface area contributed by atoms with E-state index in [1.165, 1.54) is 0 Å². The molecule has 2 aromatic rings. The molecule has 1 amide bonds. The summed E-state index contributed by atoms with van der Waals surface area (Å²) in [5, 5.41) is 2.70. The van der Waals surface area contributed by atoms with Gasteiger partial charge in [-0.2, -0.15) is 0 Å². The SMILES string of the molecule is CCCOC(=O)Nc1cccc(-n2cccc2)c1. The molecule has 0 bridgehead atoms. The second kappa shape index (κ2) is 5.91. The molecule has 0 spiro atoms. The summed E-state index contributed by atoms with van der Waals surface area (Å²) in [6.45, 7) is 2.39. The highest BCUT2D eigenvalue weighted by Gasteiger charge is 2.03. The number of nitrogens with zero attached hydrogens (tertiary/aromatic N) is 1. The quantitative estimate of drug-likeness (QED) is 0.895. The molecule has 4 heteroatoms. The van der Waals surface area contributed by atoms with Crippen LogP contribution in [0.2, 0.25) is 0 Å². The Morgan fingerprint density at radius 3 is 2.78 bits per heavy atom. The van der Waals surface area contributed by atoms with Crippen LogP contribution < -0.4 is 5.32 Å². The minimum Gasteiger partial charge on any atom is -0.449 e. The maximum atomic E-state index is 11.4. The highest BCUT2D eigenvalue weighted by Crippen LogP contribution is 2.15. The Balaban J connectivity index is 2.06. The van der Waals surface area contributed by atoms with Crippen LogP contribution in [0, 0.1) is 0 Å². The first kappa shape index (κ1) is 12.2. The van der Waals surface area contributed by atoms with Crippen molar-refractivity contribution >= 4 is 11.8 Å². The minimum atomic E-state index is -0.415. The lowest BCUT2D eigenvalue weighted by molar-refractivity contribution is 0.161. The molecule has 0 unspecified atom stereocenters. The number of benzene rings is 1. The summed E-state index contributed by atoms with van der Waals surface area (Å²) in [6.07, 6.45) is 4.31. The summed E-state index contributed by atoms with van der Waals surface area (Å²) in [5.74, 6) is 0. The zero-order chi connectivity index (χ0) is 12.8. The van der Waals surface area contributed by atoms with Crippen LogP contribution in [0.3, 0.4) is 0 Å². The molecule has 1 aromatic heterocycles. The standard InChI is InChI=1S/C14H16N2O2/c1-2-10-18-14(17)15-12-6-5-7-13(11-12)16-8-3-4-9-16/h3-9,11H,2,10H2,1H3,(H,15,17). The molecule has 0 saturated heterocycles. The number of rotatable bonds is 4. The summed E-state index contributed by atoms with van der Waals surface area (Å²) in [5.41, 5.74) is 1.72. The van der Waals surface area contributed by atoms with Gasteiger partial charge in [-0.15, -0.1) is 0 Å². The molecule has 1 heterocycles. The molecule has 0 aliphatic rings. The van der Waals surface area contributed by atoms with Gasteiger partial charge in [0.15, 0.2) is 0 Å². The van der Waals surface area contributed by atoms with Gasteiger partial charge in [0.1, 0.15) is 0 Å². The maximum Gasteiger partial charge on any atom is 0.411 e. The number of carbonyl (C=O) groups excluding carboxylic acids is 1. The number of aromatic nitrogens is 1. The second-order valence-corrected chi connectivity index (χ2v) is 3.90. The van der Waals surface area contributed by atoms with E-state index in [0.717, 1.165) is 17.8 Å². The summed E-state index contributed by atoms with van der Waals surface area (Å²) in [7, 11) is 0. The van der Waals surface area contributed by atoms with Gasteiger partial charge in [0.25, 0.3) is 0 Å². The third-order valence-electron chi connectivity index (χ3n) is 2.43. The van der Waals surface area contributed by atoms with E-state index in [-0.39, 0.29) is 0 Å². The minimum absolute atomic E-state index is 0.415. The Bertz CT molecular complexity index is 506. The van der Waals surface area contributed by atoms with Crippen LogP contribution in [0.4, 0.5) is 10.5 Å². The fraction of sp³-hybridized carbons (Fsp3) is 0.214. The van der Waals surface area contributed by atoms with Crippen molar-refractivity contribution in [3.8, 4) is 5.69 Å². The van der Waals surface area contributed by atoms with Crippen LogP contribution in [0.15, 0.2) is 48.8 Å². The molecule has 94 valence electrons. The summed E-state index contributed by atoms with van der Waals surface area (Å²) in [4.78, 5) is 11.4. The van der Waals surface area contributed by atoms with E-state index < -0.39 is 6.09 Å². The molecular weight excluding hydrogens is 228 g/mol. The third-order valence-corrected chi connectivity index (χ3v) is 2.43. The zero-order valence-corrected chi connectivity index (χ0v) is 10.3. The van der Waals surface area contributed by atoms with Gasteiger partial charge in [-0.1, -0.05) is 13.0 Å². The van der Waals surface area contributed by atoms with Crippen molar-refractivity contribution in [3.63, 3.8) is 0 Å². The first-order valence-electron chi connectivity index (χ1n) is 5.97. The van der Waals surface area contributed by atoms with Crippen LogP contribution in [0.5, 0.6) is 0 Å². The Morgan fingerprint density at radius 1 is 1.28 bits per heavy atom. The van der Waals surface area contributed by atoms with E-state index >= 15 is 0 Å². The largest absolute Gasteiger partial charge is 0.449 e. The van der Waals surface area contributed by atoms with Crippen LogP contribution in [-0.4, -0.2) is 17.3 Å². The highest BCUT2D eigenvalue weighted by atomic mass is 16.5. The molecule has 1 N–H and O–H groups in total. The van der Waals surface area contributed by atoms with E-state index in [1.807, 2.05) is 60.3 Å². The third kappa shape index (κ3) is 3.13. The van der Waals surface area contributed by atoms with E-state index in [2.05, 4.69) is 5.32 Å². The van der Waals surface area contributed by atoms with E-state index in [0.29, 0.717) is 6.61 Å². The predicted octanol–water partition coefficient (Wildman–Crippen LogP) is 3.44. The van der Waals surface area contributed by atoms with Gasteiger partial charge in [0.05, 0.1) is 6.61 Å². The number of ether oxygens (including phenoxy) is 1. The summed E-state index contributed by atoms with van der Waals surface area (Å²) >= 11 is 0. The van der Waals surface area contributed by atoms with Gasteiger partial charge in [-0.25, -0.2) is 4.79 Å². The van der Waals surface area contributed by atoms with Crippen molar-refractivity contribution in [2.75, 3.05) is 11.9 Å². The maximum absolute atomic E-state index is 11.4. The van der Waals surface area contributed by atoms with Gasteiger partial charge in [-0.3, -0.25) is 5.32 Å². The van der Waals surface area contributed by atoms with Crippen LogP contribution in [-0.2, 0) is 4.74 Å².